The molecule has 2 amide bonds. The summed E-state index contributed by atoms with van der Waals surface area (Å²) in [6.45, 7) is 3.71. The van der Waals surface area contributed by atoms with Crippen LogP contribution < -0.4 is 10.8 Å². The van der Waals surface area contributed by atoms with Crippen LogP contribution in [-0.4, -0.2) is 28.2 Å². The van der Waals surface area contributed by atoms with Gasteiger partial charge in [0.15, 0.2) is 0 Å². The minimum absolute atomic E-state index is 0.106. The van der Waals surface area contributed by atoms with Gasteiger partial charge in [0.2, 0.25) is 0 Å². The van der Waals surface area contributed by atoms with E-state index in [-0.39, 0.29) is 11.5 Å². The van der Waals surface area contributed by atoms with Crippen LogP contribution in [0.2, 0.25) is 0 Å². The van der Waals surface area contributed by atoms with E-state index >= 15 is 0 Å². The molecule has 1 rings (SSSR count). The summed E-state index contributed by atoms with van der Waals surface area (Å²) in [5, 5.41) is 22.4. The fourth-order valence-corrected chi connectivity index (χ4v) is 1.37. The third kappa shape index (κ3) is 1.57. The van der Waals surface area contributed by atoms with Crippen LogP contribution in [0.4, 0.5) is 4.79 Å². The maximum absolute atomic E-state index is 10.7. The van der Waals surface area contributed by atoms with Gasteiger partial charge in [-0.15, -0.1) is 0 Å². The van der Waals surface area contributed by atoms with Gasteiger partial charge in [-0.1, -0.05) is 19.0 Å². The van der Waals surface area contributed by atoms with Gasteiger partial charge in [-0.3, -0.25) is 5.21 Å². The van der Waals surface area contributed by atoms with E-state index in [4.69, 9.17) is 10.4 Å². The highest BCUT2D eigenvalue weighted by Gasteiger charge is 2.46. The van der Waals surface area contributed by atoms with E-state index in [1.165, 1.54) is 5.48 Å². The number of hydrogen-bond acceptors (Lipinski definition) is 4. The van der Waals surface area contributed by atoms with Crippen LogP contribution in [0.5, 0.6) is 0 Å². The maximum atomic E-state index is 10.7. The first kappa shape index (κ1) is 9.79. The summed E-state index contributed by atoms with van der Waals surface area (Å²) in [6, 6.07) is -0.749. The van der Waals surface area contributed by atoms with Crippen molar-refractivity contribution in [2.75, 3.05) is 0 Å². The molecular formula is C7H13N3O3. The van der Waals surface area contributed by atoms with Crippen molar-refractivity contribution in [2.45, 2.75) is 26.3 Å². The van der Waals surface area contributed by atoms with Crippen molar-refractivity contribution in [1.82, 2.24) is 10.8 Å². The molecule has 0 aromatic heterocycles. The van der Waals surface area contributed by atoms with Crippen LogP contribution in [0.1, 0.15) is 20.3 Å². The van der Waals surface area contributed by atoms with Crippen molar-refractivity contribution in [3.05, 3.63) is 0 Å². The third-order valence-electron chi connectivity index (χ3n) is 2.54. The molecule has 74 valence electrons. The molecule has 1 atom stereocenters. The quantitative estimate of drug-likeness (QED) is 0.270. The summed E-state index contributed by atoms with van der Waals surface area (Å²) in [5.41, 5.74) is 1.79. The largest absolute Gasteiger partial charge is 0.411 e. The molecular weight excluding hydrogens is 174 g/mol. The average Bonchev–Trinajstić information content (AvgIpc) is 2.10. The van der Waals surface area contributed by atoms with Crippen LogP contribution in [0, 0.1) is 5.41 Å². The normalized spacial score (nSPS) is 27.9. The van der Waals surface area contributed by atoms with Gasteiger partial charge in [-0.2, -0.15) is 0 Å². The topological polar surface area (TPSA) is 94.0 Å². The number of amides is 2. The lowest BCUT2D eigenvalue weighted by atomic mass is 9.65. The Balaban J connectivity index is 2.54. The Bertz CT molecular complexity index is 249. The van der Waals surface area contributed by atoms with Crippen molar-refractivity contribution in [3.63, 3.8) is 0 Å². The average molecular weight is 187 g/mol. The lowest BCUT2D eigenvalue weighted by molar-refractivity contribution is 0.149. The van der Waals surface area contributed by atoms with E-state index in [2.05, 4.69) is 10.5 Å². The number of carbonyl (C=O) groups excluding carboxylic acids is 1. The highest BCUT2D eigenvalue weighted by molar-refractivity contribution is 5.97. The summed E-state index contributed by atoms with van der Waals surface area (Å²) >= 11 is 0. The molecule has 0 aliphatic heterocycles. The molecule has 1 aliphatic rings. The van der Waals surface area contributed by atoms with Crippen LogP contribution in [-0.2, 0) is 0 Å². The molecule has 13 heavy (non-hydrogen) atoms. The van der Waals surface area contributed by atoms with E-state index in [0.29, 0.717) is 12.1 Å². The van der Waals surface area contributed by atoms with E-state index in [9.17, 15) is 4.79 Å². The van der Waals surface area contributed by atoms with Crippen LogP contribution in [0.3, 0.4) is 0 Å². The predicted molar refractivity (Wildman–Crippen MR) is 44.9 cm³/mol. The van der Waals surface area contributed by atoms with Crippen molar-refractivity contribution >= 4 is 11.7 Å². The molecule has 0 saturated heterocycles. The number of hydroxylamine groups is 1. The Morgan fingerprint density at radius 2 is 2.31 bits per heavy atom. The molecule has 1 unspecified atom stereocenters. The molecule has 4 N–H and O–H groups in total. The first-order valence-corrected chi connectivity index (χ1v) is 3.94. The number of urea groups is 1. The second-order valence-electron chi connectivity index (χ2n) is 3.61. The summed E-state index contributed by atoms with van der Waals surface area (Å²) in [7, 11) is 0. The number of oxime groups is 1. The monoisotopic (exact) mass is 187 g/mol. The minimum atomic E-state index is -0.643. The number of carbonyl (C=O) groups is 1. The second kappa shape index (κ2) is 3.21. The molecule has 1 saturated carbocycles. The molecule has 0 heterocycles. The van der Waals surface area contributed by atoms with Gasteiger partial charge in [-0.25, -0.2) is 10.3 Å². The van der Waals surface area contributed by atoms with Gasteiger partial charge in [0.05, 0.1) is 5.71 Å². The van der Waals surface area contributed by atoms with Gasteiger partial charge >= 0.3 is 6.03 Å². The van der Waals surface area contributed by atoms with E-state index in [1.807, 2.05) is 13.8 Å². The van der Waals surface area contributed by atoms with Crippen molar-refractivity contribution in [3.8, 4) is 0 Å². The lowest BCUT2D eigenvalue weighted by Gasteiger charge is -2.44. The molecule has 0 bridgehead atoms. The Morgan fingerprint density at radius 3 is 2.69 bits per heavy atom. The van der Waals surface area contributed by atoms with E-state index in [1.54, 1.807) is 0 Å². The van der Waals surface area contributed by atoms with Gasteiger partial charge in [-0.05, 0) is 0 Å². The predicted octanol–water partition coefficient (Wildman–Crippen LogP) is 0.304. The smallest absolute Gasteiger partial charge is 0.338 e. The number of nitrogens with zero attached hydrogens (tertiary/aromatic N) is 1. The van der Waals surface area contributed by atoms with Crippen molar-refractivity contribution < 1.29 is 15.2 Å². The van der Waals surface area contributed by atoms with E-state index < -0.39 is 6.03 Å². The van der Waals surface area contributed by atoms with Crippen LogP contribution in [0.25, 0.3) is 0 Å². The fourth-order valence-electron chi connectivity index (χ4n) is 1.37. The first-order chi connectivity index (χ1) is 6.02. The standard InChI is InChI=1S/C7H13N3O3/c1-7(2)4(3-5(7)9-12)8-6(11)10-13/h4,12-13H,3H2,1-2H3,(H2,8,10,11). The molecule has 6 nitrogen and oxygen atoms in total. The van der Waals surface area contributed by atoms with E-state index in [0.717, 1.165) is 0 Å². The highest BCUT2D eigenvalue weighted by Crippen LogP contribution is 2.37. The maximum Gasteiger partial charge on any atom is 0.338 e. The second-order valence-corrected chi connectivity index (χ2v) is 3.61. The Hall–Kier alpha value is -1.30. The zero-order valence-electron chi connectivity index (χ0n) is 7.53. The third-order valence-corrected chi connectivity index (χ3v) is 2.54. The molecule has 6 heteroatoms. The summed E-state index contributed by atoms with van der Waals surface area (Å²) < 4.78 is 0. The SMILES string of the molecule is CC1(C)C(=NO)CC1NC(=O)NO. The number of hydrogen-bond donors (Lipinski definition) is 4. The van der Waals surface area contributed by atoms with Gasteiger partial charge < -0.3 is 10.5 Å². The Morgan fingerprint density at radius 1 is 1.69 bits per heavy atom. The van der Waals surface area contributed by atoms with Crippen LogP contribution >= 0.6 is 0 Å². The van der Waals surface area contributed by atoms with Gasteiger partial charge in [0.25, 0.3) is 0 Å². The van der Waals surface area contributed by atoms with Gasteiger partial charge in [0.1, 0.15) is 0 Å². The zero-order chi connectivity index (χ0) is 10.1. The minimum Gasteiger partial charge on any atom is -0.411 e. The highest BCUT2D eigenvalue weighted by atomic mass is 16.5. The Kier molecular flexibility index (Phi) is 2.42. The fraction of sp³-hybridized carbons (Fsp3) is 0.714. The first-order valence-electron chi connectivity index (χ1n) is 3.94. The molecule has 0 radical (unpaired) electrons. The summed E-state index contributed by atoms with van der Waals surface area (Å²) in [4.78, 5) is 10.7. The van der Waals surface area contributed by atoms with Gasteiger partial charge in [0, 0.05) is 17.9 Å². The molecule has 1 aliphatic carbocycles. The zero-order valence-corrected chi connectivity index (χ0v) is 7.53. The summed E-state index contributed by atoms with van der Waals surface area (Å²) in [5.74, 6) is 0. The lowest BCUT2D eigenvalue weighted by Crippen LogP contribution is -2.60. The van der Waals surface area contributed by atoms with Crippen molar-refractivity contribution in [2.24, 2.45) is 10.6 Å². The molecule has 0 aromatic rings. The molecule has 0 aromatic carbocycles. The van der Waals surface area contributed by atoms with Crippen LogP contribution in [0.15, 0.2) is 5.16 Å². The molecule has 0 spiro atoms. The van der Waals surface area contributed by atoms with Crippen molar-refractivity contribution in [1.29, 1.82) is 0 Å². The number of rotatable bonds is 1. The summed E-state index contributed by atoms with van der Waals surface area (Å²) in [6.07, 6.45) is 0.511. The Labute approximate surface area is 75.6 Å². The number of nitrogens with one attached hydrogen (secondary N) is 2. The molecule has 1 fully saturated rings.